The van der Waals surface area contributed by atoms with E-state index in [0.717, 1.165) is 6.42 Å². The van der Waals surface area contributed by atoms with E-state index in [9.17, 15) is 22.8 Å². The fourth-order valence-electron chi connectivity index (χ4n) is 3.03. The predicted molar refractivity (Wildman–Crippen MR) is 128 cm³/mol. The number of carbonyl (C=O) groups is 3. The lowest BCUT2D eigenvalue weighted by molar-refractivity contribution is -0.116. The molecule has 1 atom stereocenters. The highest BCUT2D eigenvalue weighted by Crippen LogP contribution is 2.18. The SMILES string of the molecule is CCC(C)NC(=O)c1ccccc1NC(=O)CCCN(C)S(=O)(=O)c1ccc(C(C)=O)cc1. The lowest BCUT2D eigenvalue weighted by atomic mass is 10.1. The largest absolute Gasteiger partial charge is 0.350 e. The van der Waals surface area contributed by atoms with Crippen molar-refractivity contribution in [1.29, 1.82) is 0 Å². The van der Waals surface area contributed by atoms with Gasteiger partial charge in [0.2, 0.25) is 15.9 Å². The topological polar surface area (TPSA) is 113 Å². The quantitative estimate of drug-likeness (QED) is 0.485. The molecule has 0 aliphatic rings. The van der Waals surface area contributed by atoms with E-state index in [1.807, 2.05) is 13.8 Å². The monoisotopic (exact) mass is 473 g/mol. The van der Waals surface area contributed by atoms with Crippen molar-refractivity contribution in [3.05, 3.63) is 59.7 Å². The summed E-state index contributed by atoms with van der Waals surface area (Å²) in [5.74, 6) is -0.713. The number of nitrogens with zero attached hydrogens (tertiary/aromatic N) is 1. The Balaban J connectivity index is 1.94. The van der Waals surface area contributed by atoms with Gasteiger partial charge in [0, 0.05) is 31.6 Å². The third-order valence-corrected chi connectivity index (χ3v) is 7.15. The van der Waals surface area contributed by atoms with Crippen LogP contribution in [0.15, 0.2) is 53.4 Å². The Morgan fingerprint density at radius 3 is 2.27 bits per heavy atom. The molecule has 2 N–H and O–H groups in total. The maximum atomic E-state index is 12.7. The van der Waals surface area contributed by atoms with Crippen molar-refractivity contribution >= 4 is 33.3 Å². The molecule has 0 aromatic heterocycles. The van der Waals surface area contributed by atoms with Gasteiger partial charge in [-0.2, -0.15) is 0 Å². The van der Waals surface area contributed by atoms with Crippen LogP contribution in [0.5, 0.6) is 0 Å². The van der Waals surface area contributed by atoms with Crippen LogP contribution in [0.1, 0.15) is 60.7 Å². The molecule has 0 radical (unpaired) electrons. The molecule has 0 heterocycles. The Bertz CT molecular complexity index is 1100. The average Bonchev–Trinajstić information content (AvgIpc) is 2.79. The second kappa shape index (κ2) is 11.7. The third kappa shape index (κ3) is 7.23. The number of sulfonamides is 1. The Morgan fingerprint density at radius 1 is 1.03 bits per heavy atom. The van der Waals surface area contributed by atoms with Gasteiger partial charge in [-0.15, -0.1) is 0 Å². The van der Waals surface area contributed by atoms with E-state index in [0.29, 0.717) is 23.2 Å². The fraction of sp³-hybridized carbons (Fsp3) is 0.375. The van der Waals surface area contributed by atoms with Crippen molar-refractivity contribution in [2.75, 3.05) is 18.9 Å². The smallest absolute Gasteiger partial charge is 0.253 e. The number of nitrogens with one attached hydrogen (secondary N) is 2. The Labute approximate surface area is 195 Å². The van der Waals surface area contributed by atoms with E-state index in [-0.39, 0.29) is 41.5 Å². The number of hydrogen-bond donors (Lipinski definition) is 2. The van der Waals surface area contributed by atoms with E-state index < -0.39 is 10.0 Å². The second-order valence-corrected chi connectivity index (χ2v) is 9.93. The van der Waals surface area contributed by atoms with Gasteiger partial charge in [0.05, 0.1) is 16.1 Å². The Kier molecular flexibility index (Phi) is 9.31. The second-order valence-electron chi connectivity index (χ2n) is 7.89. The van der Waals surface area contributed by atoms with Gasteiger partial charge in [-0.1, -0.05) is 31.2 Å². The summed E-state index contributed by atoms with van der Waals surface area (Å²) in [6.45, 7) is 5.43. The van der Waals surface area contributed by atoms with E-state index in [4.69, 9.17) is 0 Å². The number of ketones is 1. The molecule has 0 fully saturated rings. The minimum Gasteiger partial charge on any atom is -0.350 e. The zero-order valence-electron chi connectivity index (χ0n) is 19.4. The third-order valence-electron chi connectivity index (χ3n) is 5.28. The molecule has 0 saturated carbocycles. The van der Waals surface area contributed by atoms with E-state index in [1.165, 1.54) is 42.5 Å². The highest BCUT2D eigenvalue weighted by atomic mass is 32.2. The van der Waals surface area contributed by atoms with Gasteiger partial charge in [0.25, 0.3) is 5.91 Å². The summed E-state index contributed by atoms with van der Waals surface area (Å²) < 4.78 is 26.6. The zero-order chi connectivity index (χ0) is 24.6. The zero-order valence-corrected chi connectivity index (χ0v) is 20.2. The molecule has 0 aliphatic heterocycles. The van der Waals surface area contributed by atoms with Crippen molar-refractivity contribution in [1.82, 2.24) is 9.62 Å². The van der Waals surface area contributed by atoms with Crippen LogP contribution >= 0.6 is 0 Å². The molecule has 2 aromatic carbocycles. The molecular formula is C24H31N3O5S. The molecule has 0 bridgehead atoms. The first-order chi connectivity index (χ1) is 15.6. The number of anilines is 1. The van der Waals surface area contributed by atoms with Crippen LogP contribution in [0.2, 0.25) is 0 Å². The van der Waals surface area contributed by atoms with Crippen LogP contribution in [0, 0.1) is 0 Å². The van der Waals surface area contributed by atoms with Crippen molar-refractivity contribution in [2.45, 2.75) is 51.0 Å². The minimum absolute atomic E-state index is 0.0115. The molecule has 2 rings (SSSR count). The van der Waals surface area contributed by atoms with Crippen molar-refractivity contribution in [2.24, 2.45) is 0 Å². The summed E-state index contributed by atoms with van der Waals surface area (Å²) in [6, 6.07) is 12.5. The molecule has 2 amide bonds. The number of benzene rings is 2. The van der Waals surface area contributed by atoms with Crippen LogP contribution in [-0.4, -0.2) is 50.0 Å². The van der Waals surface area contributed by atoms with Crippen LogP contribution in [0.4, 0.5) is 5.69 Å². The number of hydrogen-bond acceptors (Lipinski definition) is 5. The number of amides is 2. The van der Waals surface area contributed by atoms with Gasteiger partial charge in [0.1, 0.15) is 0 Å². The first kappa shape index (κ1) is 26.2. The summed E-state index contributed by atoms with van der Waals surface area (Å²) in [5.41, 5.74) is 1.22. The van der Waals surface area contributed by atoms with Crippen LogP contribution < -0.4 is 10.6 Å². The summed E-state index contributed by atoms with van der Waals surface area (Å²) in [5, 5.41) is 5.62. The average molecular weight is 474 g/mol. The molecule has 1 unspecified atom stereocenters. The summed E-state index contributed by atoms with van der Waals surface area (Å²) in [4.78, 5) is 36.4. The standard InChI is InChI=1S/C24H31N3O5S/c1-5-17(2)25-24(30)21-9-6-7-10-22(21)26-23(29)11-8-16-27(4)33(31,32)20-14-12-19(13-15-20)18(3)28/h6-7,9-10,12-15,17H,5,8,11,16H2,1-4H3,(H,25,30)(H,26,29). The molecular weight excluding hydrogens is 442 g/mol. The predicted octanol–water partition coefficient (Wildman–Crippen LogP) is 3.46. The first-order valence-corrected chi connectivity index (χ1v) is 12.3. The molecule has 0 saturated heterocycles. The lowest BCUT2D eigenvalue weighted by Gasteiger charge is -2.17. The fourth-order valence-corrected chi connectivity index (χ4v) is 4.24. The van der Waals surface area contributed by atoms with E-state index in [2.05, 4.69) is 10.6 Å². The van der Waals surface area contributed by atoms with Crippen molar-refractivity contribution in [3.63, 3.8) is 0 Å². The molecule has 0 aliphatic carbocycles. The van der Waals surface area contributed by atoms with Crippen LogP contribution in [-0.2, 0) is 14.8 Å². The molecule has 2 aromatic rings. The van der Waals surface area contributed by atoms with Crippen molar-refractivity contribution in [3.8, 4) is 0 Å². The Morgan fingerprint density at radius 2 is 1.67 bits per heavy atom. The van der Waals surface area contributed by atoms with Gasteiger partial charge in [-0.05, 0) is 51.0 Å². The molecule has 33 heavy (non-hydrogen) atoms. The van der Waals surface area contributed by atoms with Crippen LogP contribution in [0.25, 0.3) is 0 Å². The van der Waals surface area contributed by atoms with Crippen molar-refractivity contribution < 1.29 is 22.8 Å². The summed E-state index contributed by atoms with van der Waals surface area (Å²) in [7, 11) is -2.29. The highest BCUT2D eigenvalue weighted by molar-refractivity contribution is 7.89. The van der Waals surface area contributed by atoms with Gasteiger partial charge in [-0.3, -0.25) is 14.4 Å². The van der Waals surface area contributed by atoms with Crippen LogP contribution in [0.3, 0.4) is 0 Å². The molecule has 8 nitrogen and oxygen atoms in total. The maximum absolute atomic E-state index is 12.7. The number of Topliss-reactive ketones (excluding diaryl/α,β-unsaturated/α-hetero) is 1. The normalized spacial score (nSPS) is 12.3. The first-order valence-electron chi connectivity index (χ1n) is 10.8. The van der Waals surface area contributed by atoms with E-state index >= 15 is 0 Å². The number of rotatable bonds is 11. The summed E-state index contributed by atoms with van der Waals surface area (Å²) >= 11 is 0. The van der Waals surface area contributed by atoms with Gasteiger partial charge in [0.15, 0.2) is 5.78 Å². The maximum Gasteiger partial charge on any atom is 0.253 e. The van der Waals surface area contributed by atoms with Gasteiger partial charge >= 0.3 is 0 Å². The number of carbonyl (C=O) groups excluding carboxylic acids is 3. The van der Waals surface area contributed by atoms with Gasteiger partial charge in [-0.25, -0.2) is 12.7 Å². The minimum atomic E-state index is -3.73. The number of para-hydroxylation sites is 1. The molecule has 0 spiro atoms. The van der Waals surface area contributed by atoms with E-state index in [1.54, 1.807) is 24.3 Å². The van der Waals surface area contributed by atoms with Gasteiger partial charge < -0.3 is 10.6 Å². The lowest BCUT2D eigenvalue weighted by Crippen LogP contribution is -2.32. The highest BCUT2D eigenvalue weighted by Gasteiger charge is 2.21. The summed E-state index contributed by atoms with van der Waals surface area (Å²) in [6.07, 6.45) is 1.18. The Hall–Kier alpha value is -3.04. The molecule has 9 heteroatoms. The molecule has 178 valence electrons.